The van der Waals surface area contributed by atoms with Crippen LogP contribution in [0.5, 0.6) is 0 Å². The molecule has 0 amide bonds. The Morgan fingerprint density at radius 1 is 1.57 bits per heavy atom. The van der Waals surface area contributed by atoms with Gasteiger partial charge < -0.3 is 10.8 Å². The topological polar surface area (TPSA) is 89.6 Å². The number of aromatic nitrogens is 4. The van der Waals surface area contributed by atoms with E-state index in [-0.39, 0.29) is 5.56 Å². The molecule has 0 saturated heterocycles. The Hall–Kier alpha value is -2.11. The number of aryl methyl sites for hydroxylation is 1. The number of nitrogens with zero attached hydrogens (tertiary/aromatic N) is 3. The van der Waals surface area contributed by atoms with E-state index in [1.807, 2.05) is 0 Å². The Labute approximate surface area is 79.4 Å². The van der Waals surface area contributed by atoms with Crippen LogP contribution in [0, 0.1) is 0 Å². The summed E-state index contributed by atoms with van der Waals surface area (Å²) in [6.45, 7) is 0. The number of nitrogen functional groups attached to an aromatic ring is 1. The van der Waals surface area contributed by atoms with E-state index in [0.717, 1.165) is 0 Å². The van der Waals surface area contributed by atoms with Gasteiger partial charge in [0.05, 0.1) is 0 Å². The van der Waals surface area contributed by atoms with Crippen molar-refractivity contribution in [3.8, 4) is 11.4 Å². The number of rotatable bonds is 1. The number of nitrogens with one attached hydrogen (secondary N) is 1. The lowest BCUT2D eigenvalue weighted by atomic mass is 10.3. The maximum Gasteiger partial charge on any atom is 0.277 e. The molecule has 3 N–H and O–H groups in total. The van der Waals surface area contributed by atoms with Crippen molar-refractivity contribution in [3.05, 3.63) is 28.8 Å². The van der Waals surface area contributed by atoms with Crippen LogP contribution in [0.3, 0.4) is 0 Å². The summed E-state index contributed by atoms with van der Waals surface area (Å²) in [7, 11) is 1.62. The summed E-state index contributed by atoms with van der Waals surface area (Å²) < 4.78 is 1.35. The Kier molecular flexibility index (Phi) is 1.81. The van der Waals surface area contributed by atoms with E-state index < -0.39 is 0 Å². The molecular weight excluding hydrogens is 182 g/mol. The molecule has 6 nitrogen and oxygen atoms in total. The van der Waals surface area contributed by atoms with Crippen LogP contribution >= 0.6 is 0 Å². The van der Waals surface area contributed by atoms with Crippen LogP contribution in [-0.4, -0.2) is 19.7 Å². The van der Waals surface area contributed by atoms with Crippen LogP contribution in [-0.2, 0) is 7.05 Å². The minimum atomic E-state index is -0.171. The third kappa shape index (κ3) is 1.26. The molecule has 0 spiro atoms. The van der Waals surface area contributed by atoms with Crippen molar-refractivity contribution in [3.63, 3.8) is 0 Å². The average Bonchev–Trinajstić information content (AvgIpc) is 2.48. The summed E-state index contributed by atoms with van der Waals surface area (Å²) in [6.07, 6.45) is 3.07. The molecule has 0 unspecified atom stereocenters. The summed E-state index contributed by atoms with van der Waals surface area (Å²) in [6, 6.07) is 1.57. The third-order valence-electron chi connectivity index (χ3n) is 1.86. The number of nitrogens with two attached hydrogens (primary N) is 1. The maximum atomic E-state index is 11.5. The molecule has 6 heteroatoms. The molecule has 2 aromatic heterocycles. The van der Waals surface area contributed by atoms with E-state index in [9.17, 15) is 4.79 Å². The van der Waals surface area contributed by atoms with Gasteiger partial charge in [-0.2, -0.15) is 0 Å². The molecule has 0 atom stereocenters. The second-order valence-electron chi connectivity index (χ2n) is 2.86. The first-order valence-corrected chi connectivity index (χ1v) is 4.02. The fraction of sp³-hybridized carbons (Fsp3) is 0.125. The van der Waals surface area contributed by atoms with Gasteiger partial charge in [-0.3, -0.25) is 9.48 Å². The number of aromatic amines is 1. The Morgan fingerprint density at radius 3 is 2.93 bits per heavy atom. The highest BCUT2D eigenvalue weighted by atomic mass is 16.1. The van der Waals surface area contributed by atoms with Crippen molar-refractivity contribution in [2.75, 3.05) is 5.73 Å². The molecule has 0 aromatic carbocycles. The predicted molar refractivity (Wildman–Crippen MR) is 51.5 cm³/mol. The fourth-order valence-corrected chi connectivity index (χ4v) is 1.13. The summed E-state index contributed by atoms with van der Waals surface area (Å²) in [5.74, 6) is 0.685. The third-order valence-corrected chi connectivity index (χ3v) is 1.86. The highest BCUT2D eigenvalue weighted by molar-refractivity contribution is 5.53. The van der Waals surface area contributed by atoms with Crippen LogP contribution in [0.15, 0.2) is 23.3 Å². The molecule has 0 aliphatic carbocycles. The van der Waals surface area contributed by atoms with Gasteiger partial charge in [0.2, 0.25) is 0 Å². The minimum Gasteiger partial charge on any atom is -0.384 e. The maximum absolute atomic E-state index is 11.5. The summed E-state index contributed by atoms with van der Waals surface area (Å²) in [5, 5.41) is 2.74. The normalized spacial score (nSPS) is 10.4. The molecule has 0 aliphatic rings. The van der Waals surface area contributed by atoms with E-state index >= 15 is 0 Å². The lowest BCUT2D eigenvalue weighted by Crippen LogP contribution is -2.14. The van der Waals surface area contributed by atoms with Crippen LogP contribution < -0.4 is 11.3 Å². The van der Waals surface area contributed by atoms with E-state index in [4.69, 9.17) is 5.73 Å². The van der Waals surface area contributed by atoms with Gasteiger partial charge in [-0.25, -0.2) is 9.97 Å². The van der Waals surface area contributed by atoms with Crippen molar-refractivity contribution in [1.29, 1.82) is 0 Å². The number of anilines is 1. The number of H-pyrrole nitrogens is 1. The van der Waals surface area contributed by atoms with Crippen LogP contribution in [0.4, 0.5) is 5.82 Å². The fourth-order valence-electron chi connectivity index (χ4n) is 1.13. The summed E-state index contributed by atoms with van der Waals surface area (Å²) in [4.78, 5) is 19.4. The van der Waals surface area contributed by atoms with Crippen LogP contribution in [0.25, 0.3) is 11.4 Å². The highest BCUT2D eigenvalue weighted by Crippen LogP contribution is 2.08. The van der Waals surface area contributed by atoms with Gasteiger partial charge in [0.15, 0.2) is 5.82 Å². The van der Waals surface area contributed by atoms with E-state index in [1.54, 1.807) is 19.3 Å². The van der Waals surface area contributed by atoms with Gasteiger partial charge in [-0.05, 0) is 6.07 Å². The van der Waals surface area contributed by atoms with Gasteiger partial charge >= 0.3 is 0 Å². The summed E-state index contributed by atoms with van der Waals surface area (Å²) >= 11 is 0. The molecule has 2 rings (SSSR count). The standard InChI is InChI=1S/C8H9N5O/c1-13-8(14)5(4-11-13)7-10-3-2-6(9)12-7/h2-4,11H,1H3,(H2,9,10,12). The first-order valence-electron chi connectivity index (χ1n) is 4.02. The zero-order valence-corrected chi connectivity index (χ0v) is 7.56. The van der Waals surface area contributed by atoms with Crippen LogP contribution in [0.1, 0.15) is 0 Å². The largest absolute Gasteiger partial charge is 0.384 e. The molecular formula is C8H9N5O. The molecule has 0 saturated carbocycles. The van der Waals surface area contributed by atoms with Crippen molar-refractivity contribution in [2.45, 2.75) is 0 Å². The Morgan fingerprint density at radius 2 is 2.36 bits per heavy atom. The van der Waals surface area contributed by atoms with Gasteiger partial charge in [0.25, 0.3) is 5.56 Å². The van der Waals surface area contributed by atoms with Gasteiger partial charge in [0.1, 0.15) is 11.4 Å². The average molecular weight is 191 g/mol. The zero-order valence-electron chi connectivity index (χ0n) is 7.56. The van der Waals surface area contributed by atoms with Gasteiger partial charge in [-0.1, -0.05) is 0 Å². The Bertz CT molecular complexity index is 512. The highest BCUT2D eigenvalue weighted by Gasteiger charge is 2.08. The van der Waals surface area contributed by atoms with Crippen LogP contribution in [0.2, 0.25) is 0 Å². The molecule has 14 heavy (non-hydrogen) atoms. The predicted octanol–water partition coefficient (Wildman–Crippen LogP) is -0.247. The van der Waals surface area contributed by atoms with E-state index in [2.05, 4.69) is 15.1 Å². The van der Waals surface area contributed by atoms with Crippen molar-refractivity contribution in [1.82, 2.24) is 19.7 Å². The van der Waals surface area contributed by atoms with E-state index in [1.165, 1.54) is 10.9 Å². The van der Waals surface area contributed by atoms with Crippen molar-refractivity contribution < 1.29 is 0 Å². The molecule has 0 radical (unpaired) electrons. The molecule has 0 fully saturated rings. The SMILES string of the molecule is Cn1[nH]cc(-c2nccc(N)n2)c1=O. The molecule has 2 aromatic rings. The Balaban J connectivity index is 2.60. The second-order valence-corrected chi connectivity index (χ2v) is 2.86. The second kappa shape index (κ2) is 2.99. The van der Waals surface area contributed by atoms with Gasteiger partial charge in [-0.15, -0.1) is 0 Å². The molecule has 72 valence electrons. The first-order chi connectivity index (χ1) is 6.68. The quantitative estimate of drug-likeness (QED) is 0.650. The zero-order chi connectivity index (χ0) is 10.1. The molecule has 0 aliphatic heterocycles. The monoisotopic (exact) mass is 191 g/mol. The molecule has 2 heterocycles. The van der Waals surface area contributed by atoms with E-state index in [0.29, 0.717) is 17.2 Å². The molecule has 0 bridgehead atoms. The first kappa shape index (κ1) is 8.49. The van der Waals surface area contributed by atoms with Gasteiger partial charge in [0, 0.05) is 19.4 Å². The van der Waals surface area contributed by atoms with Crippen molar-refractivity contribution >= 4 is 5.82 Å². The minimum absolute atomic E-state index is 0.171. The number of hydrogen-bond acceptors (Lipinski definition) is 4. The summed E-state index contributed by atoms with van der Waals surface area (Å²) in [5.41, 5.74) is 5.73. The lowest BCUT2D eigenvalue weighted by Gasteiger charge is -1.94. The smallest absolute Gasteiger partial charge is 0.277 e. The lowest BCUT2D eigenvalue weighted by molar-refractivity contribution is 0.740. The van der Waals surface area contributed by atoms with Crippen molar-refractivity contribution in [2.24, 2.45) is 7.05 Å². The number of hydrogen-bond donors (Lipinski definition) is 2.